The predicted molar refractivity (Wildman–Crippen MR) is 366 cm³/mol. The first-order chi connectivity index (χ1) is 42.2. The van der Waals surface area contributed by atoms with Crippen molar-refractivity contribution < 1.29 is 0 Å². The number of hydrogen-bond acceptors (Lipinski definition) is 0. The van der Waals surface area contributed by atoms with Crippen molar-refractivity contribution in [2.75, 3.05) is 0 Å². The molecule has 2 nitrogen and oxygen atoms in total. The van der Waals surface area contributed by atoms with Gasteiger partial charge in [0.2, 0.25) is 0 Å². The summed E-state index contributed by atoms with van der Waals surface area (Å²) in [5.41, 5.74) is 16.4. The van der Waals surface area contributed by atoms with E-state index >= 15 is 0 Å². The molecule has 0 unspecified atom stereocenters. The summed E-state index contributed by atoms with van der Waals surface area (Å²) in [5, 5.41) is 30.9. The van der Waals surface area contributed by atoms with Crippen LogP contribution in [0.15, 0.2) is 273 Å². The highest BCUT2D eigenvalue weighted by atomic mass is 15.0. The maximum absolute atomic E-state index is 2.69. The molecular weight excluding hydrogens is 1020 g/mol. The largest absolute Gasteiger partial charge is 0.310 e. The summed E-state index contributed by atoms with van der Waals surface area (Å²) in [7, 11) is 0. The molecular formula is C82H45BN2. The molecule has 21 rings (SSSR count). The maximum atomic E-state index is 2.69. The fourth-order valence-electron chi connectivity index (χ4n) is 16.7. The highest BCUT2D eigenvalue weighted by molar-refractivity contribution is 7.00. The van der Waals surface area contributed by atoms with Gasteiger partial charge in [-0.15, -0.1) is 0 Å². The summed E-state index contributed by atoms with van der Waals surface area (Å²) in [5.74, 6) is 0. The highest BCUT2D eigenvalue weighted by Crippen LogP contribution is 2.50. The van der Waals surface area contributed by atoms with Crippen molar-refractivity contribution in [1.82, 2.24) is 9.13 Å². The van der Waals surface area contributed by atoms with Crippen LogP contribution in [0.3, 0.4) is 0 Å². The van der Waals surface area contributed by atoms with E-state index < -0.39 is 0 Å². The Kier molecular flexibility index (Phi) is 8.38. The Hall–Kier alpha value is -11.0. The van der Waals surface area contributed by atoms with Gasteiger partial charge in [0.1, 0.15) is 0 Å². The number of fused-ring (bicyclic) bond motifs is 30. The van der Waals surface area contributed by atoms with Crippen LogP contribution >= 0.6 is 0 Å². The van der Waals surface area contributed by atoms with E-state index in [1.165, 1.54) is 201 Å². The minimum Gasteiger partial charge on any atom is -0.310 e. The molecule has 19 aromatic rings. The number of nitrogens with zero attached hydrogens (tertiary/aromatic N) is 2. The molecule has 3 heteroatoms. The fourth-order valence-corrected chi connectivity index (χ4v) is 16.7. The Labute approximate surface area is 487 Å². The van der Waals surface area contributed by atoms with Crippen molar-refractivity contribution in [1.29, 1.82) is 0 Å². The first kappa shape index (κ1) is 44.6. The van der Waals surface area contributed by atoms with Gasteiger partial charge in [0, 0.05) is 49.2 Å². The summed E-state index contributed by atoms with van der Waals surface area (Å²) < 4.78 is 5.32. The van der Waals surface area contributed by atoms with Gasteiger partial charge >= 0.3 is 0 Å². The number of aromatic nitrogens is 2. The van der Waals surface area contributed by atoms with Crippen molar-refractivity contribution >= 4 is 174 Å². The highest BCUT2D eigenvalue weighted by Gasteiger charge is 2.42. The van der Waals surface area contributed by atoms with Crippen molar-refractivity contribution in [3.8, 4) is 33.6 Å². The van der Waals surface area contributed by atoms with E-state index in [-0.39, 0.29) is 6.71 Å². The van der Waals surface area contributed by atoms with Gasteiger partial charge in [-0.25, -0.2) is 0 Å². The van der Waals surface area contributed by atoms with E-state index in [1.54, 1.807) is 0 Å². The molecule has 2 aromatic heterocycles. The minimum atomic E-state index is -0.0950. The molecule has 85 heavy (non-hydrogen) atoms. The molecule has 2 aliphatic rings. The normalized spacial score (nSPS) is 12.9. The van der Waals surface area contributed by atoms with Crippen molar-refractivity contribution in [3.63, 3.8) is 0 Å². The summed E-state index contributed by atoms with van der Waals surface area (Å²) in [6.07, 6.45) is 0. The molecule has 0 atom stereocenters. The maximum Gasteiger partial charge on any atom is 0.252 e. The van der Waals surface area contributed by atoms with Crippen LogP contribution < -0.4 is 16.4 Å². The smallest absolute Gasteiger partial charge is 0.252 e. The summed E-state index contributed by atoms with van der Waals surface area (Å²) >= 11 is 0. The Morgan fingerprint density at radius 3 is 1.24 bits per heavy atom. The van der Waals surface area contributed by atoms with Gasteiger partial charge in [0.05, 0.1) is 16.6 Å². The molecule has 0 aliphatic carbocycles. The third-order valence-electron chi connectivity index (χ3n) is 20.1. The second-order valence-corrected chi connectivity index (χ2v) is 24.1. The second-order valence-electron chi connectivity index (χ2n) is 24.1. The molecule has 0 N–H and O–H groups in total. The Balaban J connectivity index is 0.929. The predicted octanol–water partition coefficient (Wildman–Crippen LogP) is 19.9. The molecule has 0 amide bonds. The molecule has 0 bridgehead atoms. The number of benzene rings is 17. The van der Waals surface area contributed by atoms with E-state index in [0.717, 1.165) is 0 Å². The fraction of sp³-hybridized carbons (Fsp3) is 0. The van der Waals surface area contributed by atoms with E-state index in [4.69, 9.17) is 0 Å². The molecule has 0 fully saturated rings. The van der Waals surface area contributed by atoms with Gasteiger partial charge in [-0.3, -0.25) is 0 Å². The zero-order chi connectivity index (χ0) is 54.9. The first-order valence-corrected chi connectivity index (χ1v) is 29.8. The topological polar surface area (TPSA) is 9.86 Å². The third-order valence-corrected chi connectivity index (χ3v) is 20.1. The van der Waals surface area contributed by atoms with E-state index in [2.05, 4.69) is 282 Å². The van der Waals surface area contributed by atoms with Crippen molar-refractivity contribution in [3.05, 3.63) is 273 Å². The third kappa shape index (κ3) is 5.66. The number of hydrogen-bond donors (Lipinski definition) is 0. The van der Waals surface area contributed by atoms with Crippen LogP contribution in [-0.4, -0.2) is 15.8 Å². The quantitative estimate of drug-likeness (QED) is 0.121. The lowest BCUT2D eigenvalue weighted by molar-refractivity contribution is 1.14. The van der Waals surface area contributed by atoms with Crippen LogP contribution in [-0.2, 0) is 0 Å². The summed E-state index contributed by atoms with van der Waals surface area (Å²) in [4.78, 5) is 0. The van der Waals surface area contributed by atoms with Crippen LogP contribution in [0.2, 0.25) is 0 Å². The summed E-state index contributed by atoms with van der Waals surface area (Å²) in [6.45, 7) is -0.0950. The van der Waals surface area contributed by atoms with Crippen LogP contribution in [0.4, 0.5) is 0 Å². The van der Waals surface area contributed by atoms with Gasteiger partial charge in [-0.05, 0) is 184 Å². The average molecular weight is 1070 g/mol. The second kappa shape index (κ2) is 16.0. The molecule has 0 saturated carbocycles. The van der Waals surface area contributed by atoms with Crippen LogP contribution in [0.1, 0.15) is 0 Å². The molecule has 17 aromatic carbocycles. The SMILES string of the molecule is c1cc2c3c(c1)-n1c4ccc5c6ccccc6c6ccccc6c5c4c4c5c6ccccc6c6ccccc6c5cc(c41)B3c1cc(-c3ccc4c(ccc5ccccc54)c3)cc3c4cc(-c5ccc6c(ccc7ccccc76)c5)ccc4n-2c13. The molecule has 386 valence electrons. The molecule has 0 spiro atoms. The Morgan fingerprint density at radius 2 is 0.624 bits per heavy atom. The van der Waals surface area contributed by atoms with Crippen LogP contribution in [0.25, 0.3) is 185 Å². The Bertz CT molecular complexity index is 6320. The number of rotatable bonds is 2. The van der Waals surface area contributed by atoms with E-state index in [0.29, 0.717) is 0 Å². The van der Waals surface area contributed by atoms with Crippen molar-refractivity contribution in [2.24, 2.45) is 0 Å². The van der Waals surface area contributed by atoms with E-state index in [1.807, 2.05) is 0 Å². The lowest BCUT2D eigenvalue weighted by atomic mass is 9.34. The summed E-state index contributed by atoms with van der Waals surface area (Å²) in [6, 6.07) is 104. The Morgan fingerprint density at radius 1 is 0.212 bits per heavy atom. The van der Waals surface area contributed by atoms with Crippen molar-refractivity contribution in [2.45, 2.75) is 0 Å². The van der Waals surface area contributed by atoms with Gasteiger partial charge in [0.15, 0.2) is 0 Å². The lowest BCUT2D eigenvalue weighted by Crippen LogP contribution is -2.59. The van der Waals surface area contributed by atoms with Gasteiger partial charge in [-0.2, -0.15) is 0 Å². The zero-order valence-electron chi connectivity index (χ0n) is 46.0. The molecule has 0 saturated heterocycles. The average Bonchev–Trinajstić information content (AvgIpc) is 1.60. The zero-order valence-corrected chi connectivity index (χ0v) is 46.0. The van der Waals surface area contributed by atoms with Crippen LogP contribution in [0.5, 0.6) is 0 Å². The van der Waals surface area contributed by atoms with Gasteiger partial charge in [0.25, 0.3) is 6.71 Å². The van der Waals surface area contributed by atoms with Gasteiger partial charge < -0.3 is 9.13 Å². The van der Waals surface area contributed by atoms with Crippen LogP contribution in [0, 0.1) is 0 Å². The first-order valence-electron chi connectivity index (χ1n) is 29.8. The van der Waals surface area contributed by atoms with Gasteiger partial charge in [-0.1, -0.05) is 224 Å². The minimum absolute atomic E-state index is 0.0950. The standard InChI is InChI=1S/C82H45BN2/c1-3-16-54-46(14-1)28-30-51-40-48(32-35-56(51)54)50-34-38-72-67(42-50)69-43-53(49-33-36-57-52(41-49)31-29-47-15-2-4-17-55(47)57)44-70-81(69)84(72)74-26-13-27-75-80(74)83(70)71-45-68-63-23-8-6-19-59(63)61-21-10-12-25-65(61)77(68)79-78-73(85(75)82(71)79)39-37-66-62-22-7-5-18-58(62)60-20-9-11-24-64(60)76(66)78/h1-45H. The molecule has 2 aliphatic heterocycles. The lowest BCUT2D eigenvalue weighted by Gasteiger charge is -2.34. The monoisotopic (exact) mass is 1070 g/mol. The molecule has 4 heterocycles. The molecule has 0 radical (unpaired) electrons. The van der Waals surface area contributed by atoms with E-state index in [9.17, 15) is 0 Å².